The molecule has 3 heterocycles. The van der Waals surface area contributed by atoms with Crippen molar-refractivity contribution in [3.8, 4) is 0 Å². The van der Waals surface area contributed by atoms with Crippen LogP contribution >= 0.6 is 11.8 Å². The topological polar surface area (TPSA) is 44.1 Å². The zero-order valence-electron chi connectivity index (χ0n) is 17.6. The highest BCUT2D eigenvalue weighted by Gasteiger charge is 2.21. The first-order chi connectivity index (χ1) is 13.9. The summed E-state index contributed by atoms with van der Waals surface area (Å²) in [6.07, 6.45) is 2.50. The number of benzene rings is 1. The maximum Gasteiger partial charge on any atom is 0.174 e. The Hall–Kier alpha value is -2.11. The van der Waals surface area contributed by atoms with Gasteiger partial charge in [-0.1, -0.05) is 30.0 Å². The Morgan fingerprint density at radius 1 is 1.21 bits per heavy atom. The van der Waals surface area contributed by atoms with Crippen LogP contribution in [0.1, 0.15) is 45.7 Å². The van der Waals surface area contributed by atoms with Crippen molar-refractivity contribution in [2.75, 3.05) is 12.4 Å². The molecule has 1 atom stereocenters. The van der Waals surface area contributed by atoms with Crippen molar-refractivity contribution < 1.29 is 9.53 Å². The second kappa shape index (κ2) is 8.33. The molecule has 0 saturated carbocycles. The molecule has 5 heteroatoms. The van der Waals surface area contributed by atoms with Gasteiger partial charge in [-0.2, -0.15) is 0 Å². The summed E-state index contributed by atoms with van der Waals surface area (Å²) >= 11 is 1.52. The van der Waals surface area contributed by atoms with E-state index in [0.29, 0.717) is 5.75 Å². The van der Waals surface area contributed by atoms with Gasteiger partial charge in [-0.25, -0.2) is 4.98 Å². The molecule has 4 nitrogen and oxygen atoms in total. The number of ketones is 1. The molecular formula is C24H28N2O2S. The molecule has 0 amide bonds. The van der Waals surface area contributed by atoms with Crippen LogP contribution in [0.15, 0.2) is 35.4 Å². The van der Waals surface area contributed by atoms with E-state index in [1.165, 1.54) is 22.7 Å². The highest BCUT2D eigenvalue weighted by molar-refractivity contribution is 7.99. The molecule has 0 N–H and O–H groups in total. The molecule has 4 rings (SSSR count). The number of nitrogens with zero attached hydrogens (tertiary/aromatic N) is 2. The van der Waals surface area contributed by atoms with Crippen molar-refractivity contribution in [2.45, 2.75) is 58.2 Å². The maximum absolute atomic E-state index is 13.0. The second-order valence-corrected chi connectivity index (χ2v) is 8.99. The molecule has 1 aliphatic rings. The first-order valence-electron chi connectivity index (χ1n) is 10.3. The summed E-state index contributed by atoms with van der Waals surface area (Å²) in [6.45, 7) is 9.99. The summed E-state index contributed by atoms with van der Waals surface area (Å²) in [5.74, 6) is 0.555. The van der Waals surface area contributed by atoms with E-state index in [-0.39, 0.29) is 11.9 Å². The van der Waals surface area contributed by atoms with E-state index in [1.54, 1.807) is 0 Å². The van der Waals surface area contributed by atoms with E-state index < -0.39 is 0 Å². The largest absolute Gasteiger partial charge is 0.376 e. The fraction of sp³-hybridized carbons (Fsp3) is 0.417. The number of thioether (sulfide) groups is 1. The molecule has 0 bridgehead atoms. The molecule has 152 valence electrons. The highest BCUT2D eigenvalue weighted by Crippen LogP contribution is 2.27. The molecule has 0 unspecified atom stereocenters. The monoisotopic (exact) mass is 408 g/mol. The van der Waals surface area contributed by atoms with Crippen molar-refractivity contribution in [1.82, 2.24) is 9.55 Å². The molecule has 29 heavy (non-hydrogen) atoms. The van der Waals surface area contributed by atoms with Crippen molar-refractivity contribution in [3.05, 3.63) is 58.4 Å². The predicted molar refractivity (Wildman–Crippen MR) is 119 cm³/mol. The van der Waals surface area contributed by atoms with Gasteiger partial charge in [0.1, 0.15) is 0 Å². The third-order valence-corrected chi connectivity index (χ3v) is 6.77. The summed E-state index contributed by atoms with van der Waals surface area (Å²) in [5.41, 5.74) is 6.38. The van der Waals surface area contributed by atoms with Crippen LogP contribution in [0.25, 0.3) is 10.9 Å². The minimum Gasteiger partial charge on any atom is -0.376 e. The normalized spacial score (nSPS) is 16.6. The zero-order chi connectivity index (χ0) is 20.5. The number of pyridine rings is 1. The Morgan fingerprint density at radius 3 is 2.79 bits per heavy atom. The number of aromatic nitrogens is 2. The van der Waals surface area contributed by atoms with Gasteiger partial charge in [0.2, 0.25) is 0 Å². The van der Waals surface area contributed by atoms with Crippen molar-refractivity contribution in [3.63, 3.8) is 0 Å². The Morgan fingerprint density at radius 2 is 2.03 bits per heavy atom. The fourth-order valence-electron chi connectivity index (χ4n) is 4.18. The van der Waals surface area contributed by atoms with Gasteiger partial charge in [0.25, 0.3) is 0 Å². The van der Waals surface area contributed by atoms with Crippen LogP contribution in [-0.2, 0) is 11.3 Å². The van der Waals surface area contributed by atoms with Gasteiger partial charge in [0.15, 0.2) is 5.78 Å². The predicted octanol–water partition coefficient (Wildman–Crippen LogP) is 5.42. The lowest BCUT2D eigenvalue weighted by Gasteiger charge is -2.14. The number of Topliss-reactive ketones (excluding diaryl/α,β-unsaturated/α-hetero) is 1. The maximum atomic E-state index is 13.0. The van der Waals surface area contributed by atoms with E-state index in [2.05, 4.69) is 49.6 Å². The van der Waals surface area contributed by atoms with Gasteiger partial charge < -0.3 is 9.30 Å². The van der Waals surface area contributed by atoms with Crippen molar-refractivity contribution in [2.24, 2.45) is 0 Å². The molecular weight excluding hydrogens is 380 g/mol. The average Bonchev–Trinajstić information content (AvgIpc) is 3.31. The molecule has 1 fully saturated rings. The first kappa shape index (κ1) is 20.2. The number of fused-ring (bicyclic) bond motifs is 1. The standard InChI is InChI=1S/C24H28N2O2S/c1-15-7-5-9-20-16(2)11-23(25-24(15)20)29-14-22(27)21-12-17(3)26(18(21)4)13-19-8-6-10-28-19/h5,7,9,11-12,19H,6,8,10,13-14H2,1-4H3/t19-/m0/s1. The van der Waals surface area contributed by atoms with E-state index in [4.69, 9.17) is 9.72 Å². The lowest BCUT2D eigenvalue weighted by Crippen LogP contribution is -2.17. The number of carbonyl (C=O) groups is 1. The van der Waals surface area contributed by atoms with Gasteiger partial charge in [-0.15, -0.1) is 0 Å². The molecule has 0 spiro atoms. The quantitative estimate of drug-likeness (QED) is 0.403. The van der Waals surface area contributed by atoms with Crippen LogP contribution in [0.4, 0.5) is 0 Å². The van der Waals surface area contributed by atoms with Crippen LogP contribution < -0.4 is 0 Å². The number of aryl methyl sites for hydroxylation is 3. The minimum atomic E-state index is 0.158. The van der Waals surface area contributed by atoms with Gasteiger partial charge in [-0.3, -0.25) is 4.79 Å². The molecule has 2 aromatic heterocycles. The Labute approximate surface area is 176 Å². The summed E-state index contributed by atoms with van der Waals surface area (Å²) in [4.78, 5) is 17.8. The van der Waals surface area contributed by atoms with Gasteiger partial charge >= 0.3 is 0 Å². The van der Waals surface area contributed by atoms with E-state index in [0.717, 1.165) is 59.1 Å². The molecule has 0 aliphatic carbocycles. The zero-order valence-corrected chi connectivity index (χ0v) is 18.4. The molecule has 1 saturated heterocycles. The third kappa shape index (κ3) is 4.12. The van der Waals surface area contributed by atoms with Gasteiger partial charge in [0, 0.05) is 35.5 Å². The number of rotatable bonds is 6. The van der Waals surface area contributed by atoms with Crippen molar-refractivity contribution in [1.29, 1.82) is 0 Å². The van der Waals surface area contributed by atoms with Crippen LogP contribution in [0.5, 0.6) is 0 Å². The van der Waals surface area contributed by atoms with E-state index >= 15 is 0 Å². The van der Waals surface area contributed by atoms with Gasteiger partial charge in [0.05, 0.1) is 22.4 Å². The first-order valence-corrected chi connectivity index (χ1v) is 11.2. The van der Waals surface area contributed by atoms with Crippen LogP contribution in [-0.4, -0.2) is 33.8 Å². The van der Waals surface area contributed by atoms with Crippen LogP contribution in [0, 0.1) is 27.7 Å². The Kier molecular flexibility index (Phi) is 5.79. The SMILES string of the molecule is Cc1cc(SCC(=O)c2cc(C)n(C[C@@H]3CCCO3)c2C)nc2c(C)cccc12. The Bertz CT molecular complexity index is 1060. The Balaban J connectivity index is 1.50. The summed E-state index contributed by atoms with van der Waals surface area (Å²) < 4.78 is 8.01. The van der Waals surface area contributed by atoms with Crippen molar-refractivity contribution >= 4 is 28.4 Å². The average molecular weight is 409 g/mol. The minimum absolute atomic E-state index is 0.158. The van der Waals surface area contributed by atoms with E-state index in [9.17, 15) is 4.79 Å². The number of para-hydroxylation sites is 1. The summed E-state index contributed by atoms with van der Waals surface area (Å²) in [5, 5.41) is 2.09. The lowest BCUT2D eigenvalue weighted by molar-refractivity contribution is 0.0957. The fourth-order valence-corrected chi connectivity index (χ4v) is 5.03. The molecule has 1 aliphatic heterocycles. The summed E-state index contributed by atoms with van der Waals surface area (Å²) in [6, 6.07) is 10.4. The lowest BCUT2D eigenvalue weighted by atomic mass is 10.1. The smallest absolute Gasteiger partial charge is 0.174 e. The number of hydrogen-bond acceptors (Lipinski definition) is 4. The third-order valence-electron chi connectivity index (χ3n) is 5.86. The number of ether oxygens (including phenoxy) is 1. The van der Waals surface area contributed by atoms with Crippen LogP contribution in [0.3, 0.4) is 0 Å². The number of carbonyl (C=O) groups excluding carboxylic acids is 1. The number of hydrogen-bond donors (Lipinski definition) is 0. The second-order valence-electron chi connectivity index (χ2n) is 7.99. The van der Waals surface area contributed by atoms with Gasteiger partial charge in [-0.05, 0) is 63.8 Å². The molecule has 1 aromatic carbocycles. The van der Waals surface area contributed by atoms with E-state index in [1.807, 2.05) is 13.0 Å². The van der Waals surface area contributed by atoms with Crippen LogP contribution in [0.2, 0.25) is 0 Å². The highest BCUT2D eigenvalue weighted by atomic mass is 32.2. The molecule has 3 aromatic rings. The summed E-state index contributed by atoms with van der Waals surface area (Å²) in [7, 11) is 0. The molecule has 0 radical (unpaired) electrons.